The molecule has 0 radical (unpaired) electrons. The van der Waals surface area contributed by atoms with Crippen LogP contribution in [0.5, 0.6) is 0 Å². The molecule has 0 bridgehead atoms. The van der Waals surface area contributed by atoms with Crippen LogP contribution >= 0.6 is 0 Å². The third-order valence-electron chi connectivity index (χ3n) is 3.19. The van der Waals surface area contributed by atoms with Gasteiger partial charge < -0.3 is 0 Å². The third-order valence-corrected chi connectivity index (χ3v) is 4.10. The Bertz CT molecular complexity index is 525. The van der Waals surface area contributed by atoms with E-state index >= 15 is 0 Å². The highest BCUT2D eigenvalue weighted by molar-refractivity contribution is 7.89. The number of primary sulfonamides is 1. The summed E-state index contributed by atoms with van der Waals surface area (Å²) < 4.78 is 36.1. The molecule has 0 aliphatic carbocycles. The summed E-state index contributed by atoms with van der Waals surface area (Å²) in [5.41, 5.74) is 0.392. The van der Waals surface area contributed by atoms with Gasteiger partial charge in [0.15, 0.2) is 0 Å². The molecule has 2 rings (SSSR count). The lowest BCUT2D eigenvalue weighted by molar-refractivity contribution is 0.218. The van der Waals surface area contributed by atoms with Crippen molar-refractivity contribution < 1.29 is 12.8 Å². The highest BCUT2D eigenvalue weighted by Gasteiger charge is 2.15. The van der Waals surface area contributed by atoms with Gasteiger partial charge in [-0.2, -0.15) is 0 Å². The van der Waals surface area contributed by atoms with Crippen LogP contribution in [0.3, 0.4) is 0 Å². The van der Waals surface area contributed by atoms with Crippen LogP contribution in [0.1, 0.15) is 24.8 Å². The molecule has 100 valence electrons. The predicted molar refractivity (Wildman–Crippen MR) is 66.9 cm³/mol. The number of hydrogen-bond donors (Lipinski definition) is 1. The van der Waals surface area contributed by atoms with Crippen LogP contribution in [0.25, 0.3) is 0 Å². The maximum atomic E-state index is 13.7. The van der Waals surface area contributed by atoms with E-state index in [1.54, 1.807) is 0 Å². The number of sulfonamides is 1. The topological polar surface area (TPSA) is 63.4 Å². The molecule has 4 nitrogen and oxygen atoms in total. The molecule has 1 aromatic rings. The molecular formula is C12H17FN2O2S. The Kier molecular flexibility index (Phi) is 3.99. The number of likely N-dealkylation sites (tertiary alicyclic amines) is 1. The smallest absolute Gasteiger partial charge is 0.238 e. The van der Waals surface area contributed by atoms with E-state index in [4.69, 9.17) is 5.14 Å². The highest BCUT2D eigenvalue weighted by atomic mass is 32.2. The van der Waals surface area contributed by atoms with Crippen molar-refractivity contribution in [2.24, 2.45) is 5.14 Å². The van der Waals surface area contributed by atoms with E-state index in [1.807, 2.05) is 0 Å². The second-order valence-corrected chi connectivity index (χ2v) is 6.20. The zero-order chi connectivity index (χ0) is 13.2. The van der Waals surface area contributed by atoms with Crippen molar-refractivity contribution in [1.82, 2.24) is 4.90 Å². The molecule has 2 N–H and O–H groups in total. The summed E-state index contributed by atoms with van der Waals surface area (Å²) in [5.74, 6) is -0.382. The minimum absolute atomic E-state index is 0.0316. The van der Waals surface area contributed by atoms with Crippen molar-refractivity contribution in [2.75, 3.05) is 13.1 Å². The molecule has 0 amide bonds. The lowest BCUT2D eigenvalue weighted by atomic mass is 10.1. The molecule has 1 fully saturated rings. The van der Waals surface area contributed by atoms with Crippen molar-refractivity contribution in [3.8, 4) is 0 Å². The van der Waals surface area contributed by atoms with Gasteiger partial charge in [0.05, 0.1) is 4.90 Å². The monoisotopic (exact) mass is 272 g/mol. The lowest BCUT2D eigenvalue weighted by Gasteiger charge is -2.26. The number of nitrogens with two attached hydrogens (primary N) is 1. The summed E-state index contributed by atoms with van der Waals surface area (Å²) in [7, 11) is -3.77. The molecular weight excluding hydrogens is 255 g/mol. The number of halogens is 1. The van der Waals surface area contributed by atoms with Gasteiger partial charge in [-0.25, -0.2) is 17.9 Å². The van der Waals surface area contributed by atoms with Crippen molar-refractivity contribution in [1.29, 1.82) is 0 Å². The predicted octanol–water partition coefficient (Wildman–Crippen LogP) is 1.46. The Hall–Kier alpha value is -0.980. The highest BCUT2D eigenvalue weighted by Crippen LogP contribution is 2.18. The Morgan fingerprint density at radius 1 is 1.22 bits per heavy atom. The van der Waals surface area contributed by atoms with Crippen LogP contribution in [0.15, 0.2) is 23.1 Å². The first-order valence-corrected chi connectivity index (χ1v) is 7.55. The average Bonchev–Trinajstić information content (AvgIpc) is 2.32. The van der Waals surface area contributed by atoms with E-state index in [9.17, 15) is 12.8 Å². The quantitative estimate of drug-likeness (QED) is 0.906. The summed E-state index contributed by atoms with van der Waals surface area (Å²) >= 11 is 0. The molecule has 1 aliphatic heterocycles. The Morgan fingerprint density at radius 3 is 2.50 bits per heavy atom. The first-order chi connectivity index (χ1) is 8.47. The van der Waals surface area contributed by atoms with Gasteiger partial charge in [0.25, 0.3) is 0 Å². The van der Waals surface area contributed by atoms with Gasteiger partial charge in [0, 0.05) is 12.1 Å². The van der Waals surface area contributed by atoms with E-state index in [0.717, 1.165) is 25.9 Å². The molecule has 6 heteroatoms. The Labute approximate surface area is 107 Å². The molecule has 0 atom stereocenters. The minimum atomic E-state index is -3.77. The van der Waals surface area contributed by atoms with Crippen LogP contribution in [0, 0.1) is 5.82 Å². The molecule has 1 aromatic carbocycles. The van der Waals surface area contributed by atoms with Gasteiger partial charge >= 0.3 is 0 Å². The van der Waals surface area contributed by atoms with Crippen molar-refractivity contribution >= 4 is 10.0 Å². The number of nitrogens with zero attached hydrogens (tertiary/aromatic N) is 1. The fourth-order valence-corrected chi connectivity index (χ4v) is 2.77. The molecule has 0 unspecified atom stereocenters. The largest absolute Gasteiger partial charge is 0.299 e. The fourth-order valence-electron chi connectivity index (χ4n) is 2.21. The molecule has 0 aromatic heterocycles. The molecule has 1 saturated heterocycles. The molecule has 1 heterocycles. The SMILES string of the molecule is NS(=O)(=O)c1ccc(F)c(CN2CCCCC2)c1. The van der Waals surface area contributed by atoms with Crippen molar-refractivity contribution in [3.05, 3.63) is 29.6 Å². The van der Waals surface area contributed by atoms with Crippen LogP contribution in [-0.2, 0) is 16.6 Å². The van der Waals surface area contributed by atoms with E-state index in [-0.39, 0.29) is 10.7 Å². The molecule has 1 aliphatic rings. The van der Waals surface area contributed by atoms with Gasteiger partial charge in [-0.1, -0.05) is 6.42 Å². The molecule has 0 saturated carbocycles. The number of hydrogen-bond acceptors (Lipinski definition) is 3. The van der Waals surface area contributed by atoms with Crippen LogP contribution in [0.2, 0.25) is 0 Å². The summed E-state index contributed by atoms with van der Waals surface area (Å²) in [6.45, 7) is 2.30. The second-order valence-electron chi connectivity index (χ2n) is 4.64. The Balaban J connectivity index is 2.21. The normalized spacial score (nSPS) is 17.9. The summed E-state index contributed by atoms with van der Waals surface area (Å²) in [4.78, 5) is 2.10. The zero-order valence-corrected chi connectivity index (χ0v) is 10.9. The van der Waals surface area contributed by atoms with Gasteiger partial charge in [-0.3, -0.25) is 4.90 Å². The zero-order valence-electron chi connectivity index (χ0n) is 10.1. The third kappa shape index (κ3) is 3.28. The van der Waals surface area contributed by atoms with Crippen LogP contribution in [0.4, 0.5) is 4.39 Å². The fraction of sp³-hybridized carbons (Fsp3) is 0.500. The second kappa shape index (κ2) is 5.34. The minimum Gasteiger partial charge on any atom is -0.299 e. The Morgan fingerprint density at radius 2 is 1.89 bits per heavy atom. The summed E-state index contributed by atoms with van der Waals surface area (Å²) in [5, 5.41) is 5.05. The summed E-state index contributed by atoms with van der Waals surface area (Å²) in [6.07, 6.45) is 3.42. The van der Waals surface area contributed by atoms with E-state index in [0.29, 0.717) is 12.1 Å². The van der Waals surface area contributed by atoms with E-state index in [1.165, 1.54) is 24.6 Å². The molecule has 18 heavy (non-hydrogen) atoms. The number of benzene rings is 1. The number of rotatable bonds is 3. The maximum Gasteiger partial charge on any atom is 0.238 e. The van der Waals surface area contributed by atoms with E-state index in [2.05, 4.69) is 4.90 Å². The molecule has 0 spiro atoms. The number of piperidine rings is 1. The van der Waals surface area contributed by atoms with Gasteiger partial charge in [-0.05, 0) is 44.1 Å². The van der Waals surface area contributed by atoms with Gasteiger partial charge in [0.1, 0.15) is 5.82 Å². The van der Waals surface area contributed by atoms with Crippen LogP contribution < -0.4 is 5.14 Å². The van der Waals surface area contributed by atoms with E-state index < -0.39 is 10.0 Å². The van der Waals surface area contributed by atoms with Gasteiger partial charge in [0.2, 0.25) is 10.0 Å². The summed E-state index contributed by atoms with van der Waals surface area (Å²) in [6, 6.07) is 3.70. The van der Waals surface area contributed by atoms with Crippen LogP contribution in [-0.4, -0.2) is 26.4 Å². The van der Waals surface area contributed by atoms with Gasteiger partial charge in [-0.15, -0.1) is 0 Å². The average molecular weight is 272 g/mol. The first-order valence-electron chi connectivity index (χ1n) is 6.00. The maximum absolute atomic E-state index is 13.7. The lowest BCUT2D eigenvalue weighted by Crippen LogP contribution is -2.29. The van der Waals surface area contributed by atoms with Crippen molar-refractivity contribution in [3.63, 3.8) is 0 Å². The first kappa shape index (κ1) is 13.5. The van der Waals surface area contributed by atoms with Crippen molar-refractivity contribution in [2.45, 2.75) is 30.7 Å². The standard InChI is InChI=1S/C12H17FN2O2S/c13-12-5-4-11(18(14,16)17)8-10(12)9-15-6-2-1-3-7-15/h4-5,8H,1-3,6-7,9H2,(H2,14,16,17).